The highest BCUT2D eigenvalue weighted by Gasteiger charge is 2.41. The first kappa shape index (κ1) is 17.8. The summed E-state index contributed by atoms with van der Waals surface area (Å²) in [5.74, 6) is 0.867. The molecule has 0 unspecified atom stereocenters. The summed E-state index contributed by atoms with van der Waals surface area (Å²) in [6.07, 6.45) is 0.526. The number of halogens is 2. The van der Waals surface area contributed by atoms with Gasteiger partial charge in [0, 0.05) is 27.0 Å². The van der Waals surface area contributed by atoms with Crippen molar-refractivity contribution in [1.82, 2.24) is 5.01 Å². The van der Waals surface area contributed by atoms with Gasteiger partial charge in [-0.25, -0.2) is 5.01 Å². The van der Waals surface area contributed by atoms with Crippen LogP contribution in [0, 0.1) is 6.92 Å². The maximum absolute atomic E-state index is 6.40. The molecular weight excluding hydrogens is 436 g/mol. The lowest BCUT2D eigenvalue weighted by atomic mass is 9.95. The van der Waals surface area contributed by atoms with E-state index in [4.69, 9.17) is 21.4 Å². The molecular formula is C23H18BrClN2O. The Labute approximate surface area is 177 Å². The van der Waals surface area contributed by atoms with Crippen LogP contribution in [0.2, 0.25) is 5.02 Å². The summed E-state index contributed by atoms with van der Waals surface area (Å²) in [4.78, 5) is 0. The van der Waals surface area contributed by atoms with Gasteiger partial charge in [-0.3, -0.25) is 0 Å². The number of rotatable bonds is 2. The van der Waals surface area contributed by atoms with E-state index in [0.717, 1.165) is 39.0 Å². The van der Waals surface area contributed by atoms with Gasteiger partial charge in [-0.15, -0.1) is 0 Å². The zero-order valence-corrected chi connectivity index (χ0v) is 17.6. The SMILES string of the molecule is Cc1ccc(C2=NN3[C@H](C2)c2cc(Cl)ccc2O[C@H]3c2ccccc2Br)cc1. The minimum atomic E-state index is -0.294. The second kappa shape index (κ2) is 6.94. The second-order valence-electron chi connectivity index (χ2n) is 7.19. The lowest BCUT2D eigenvalue weighted by molar-refractivity contribution is -0.0194. The van der Waals surface area contributed by atoms with E-state index in [-0.39, 0.29) is 12.3 Å². The van der Waals surface area contributed by atoms with Crippen molar-refractivity contribution in [3.05, 3.63) is 98.5 Å². The number of ether oxygens (including phenoxy) is 1. The first-order chi connectivity index (χ1) is 13.6. The van der Waals surface area contributed by atoms with E-state index in [2.05, 4.69) is 58.2 Å². The van der Waals surface area contributed by atoms with Crippen molar-refractivity contribution in [2.45, 2.75) is 25.6 Å². The van der Waals surface area contributed by atoms with Gasteiger partial charge in [0.2, 0.25) is 6.23 Å². The third kappa shape index (κ3) is 3.01. The lowest BCUT2D eigenvalue weighted by Crippen LogP contribution is -2.33. The largest absolute Gasteiger partial charge is 0.464 e. The van der Waals surface area contributed by atoms with Gasteiger partial charge in [-0.1, -0.05) is 75.6 Å². The third-order valence-electron chi connectivity index (χ3n) is 5.31. The minimum Gasteiger partial charge on any atom is -0.464 e. The zero-order valence-electron chi connectivity index (χ0n) is 15.3. The number of hydrogen-bond donors (Lipinski definition) is 0. The van der Waals surface area contributed by atoms with Crippen molar-refractivity contribution in [3.63, 3.8) is 0 Å². The Morgan fingerprint density at radius 2 is 1.82 bits per heavy atom. The molecule has 0 spiro atoms. The standard InChI is InChI=1S/C23H18BrClN2O/c1-14-6-8-15(9-7-14)20-13-21-18-12-16(25)10-11-22(18)28-23(27(21)26-20)17-4-2-3-5-19(17)24/h2-12,21,23H,13H2,1H3/t21-,23+/m1/s1. The molecule has 5 heteroatoms. The lowest BCUT2D eigenvalue weighted by Gasteiger charge is -2.38. The summed E-state index contributed by atoms with van der Waals surface area (Å²) in [7, 11) is 0. The van der Waals surface area contributed by atoms with E-state index in [9.17, 15) is 0 Å². The summed E-state index contributed by atoms with van der Waals surface area (Å²) in [6.45, 7) is 2.10. The highest BCUT2D eigenvalue weighted by Crippen LogP contribution is 2.49. The number of aryl methyl sites for hydroxylation is 1. The van der Waals surface area contributed by atoms with Gasteiger partial charge in [0.1, 0.15) is 5.75 Å². The highest BCUT2D eigenvalue weighted by atomic mass is 79.9. The van der Waals surface area contributed by atoms with Crippen LogP contribution in [0.3, 0.4) is 0 Å². The van der Waals surface area contributed by atoms with Gasteiger partial charge < -0.3 is 4.74 Å². The average molecular weight is 454 g/mol. The average Bonchev–Trinajstić information content (AvgIpc) is 3.14. The van der Waals surface area contributed by atoms with Gasteiger partial charge in [-0.2, -0.15) is 5.10 Å². The number of hydrogen-bond acceptors (Lipinski definition) is 3. The smallest absolute Gasteiger partial charge is 0.214 e. The first-order valence-corrected chi connectivity index (χ1v) is 10.4. The normalized spacial score (nSPS) is 20.2. The van der Waals surface area contributed by atoms with Gasteiger partial charge in [-0.05, 0) is 36.8 Å². The minimum absolute atomic E-state index is 0.0934. The monoisotopic (exact) mass is 452 g/mol. The van der Waals surface area contributed by atoms with Gasteiger partial charge in [0.05, 0.1) is 11.8 Å². The molecule has 3 aromatic rings. The summed E-state index contributed by atoms with van der Waals surface area (Å²) in [6, 6.07) is 22.6. The fraction of sp³-hybridized carbons (Fsp3) is 0.174. The van der Waals surface area contributed by atoms with E-state index >= 15 is 0 Å². The summed E-state index contributed by atoms with van der Waals surface area (Å²) in [5.41, 5.74) is 5.60. The van der Waals surface area contributed by atoms with E-state index < -0.39 is 0 Å². The van der Waals surface area contributed by atoms with Crippen molar-refractivity contribution in [3.8, 4) is 5.75 Å². The molecule has 3 aromatic carbocycles. The van der Waals surface area contributed by atoms with Crippen molar-refractivity contribution in [2.24, 2.45) is 5.10 Å². The molecule has 140 valence electrons. The van der Waals surface area contributed by atoms with Crippen molar-refractivity contribution < 1.29 is 4.74 Å². The number of benzene rings is 3. The Hall–Kier alpha value is -2.30. The van der Waals surface area contributed by atoms with Crippen LogP contribution in [0.25, 0.3) is 0 Å². The van der Waals surface area contributed by atoms with Gasteiger partial charge in [0.15, 0.2) is 0 Å². The topological polar surface area (TPSA) is 24.8 Å². The molecule has 0 radical (unpaired) electrons. The highest BCUT2D eigenvalue weighted by molar-refractivity contribution is 9.10. The maximum Gasteiger partial charge on any atom is 0.214 e. The van der Waals surface area contributed by atoms with E-state index in [0.29, 0.717) is 5.02 Å². The predicted molar refractivity (Wildman–Crippen MR) is 116 cm³/mol. The predicted octanol–water partition coefficient (Wildman–Crippen LogP) is 6.65. The van der Waals surface area contributed by atoms with E-state index in [1.165, 1.54) is 5.56 Å². The fourth-order valence-corrected chi connectivity index (χ4v) is 4.52. The molecule has 2 aliphatic heterocycles. The molecule has 0 aromatic heterocycles. The van der Waals surface area contributed by atoms with Crippen LogP contribution >= 0.6 is 27.5 Å². The van der Waals surface area contributed by atoms with Gasteiger partial charge >= 0.3 is 0 Å². The van der Waals surface area contributed by atoms with Crippen molar-refractivity contribution in [2.75, 3.05) is 0 Å². The van der Waals surface area contributed by atoms with Gasteiger partial charge in [0.25, 0.3) is 0 Å². The molecule has 0 amide bonds. The quantitative estimate of drug-likeness (QED) is 0.434. The van der Waals surface area contributed by atoms with Crippen molar-refractivity contribution >= 4 is 33.2 Å². The Balaban J connectivity index is 1.62. The molecule has 2 aliphatic rings. The molecule has 5 rings (SSSR count). The molecule has 28 heavy (non-hydrogen) atoms. The van der Waals surface area contributed by atoms with Crippen LogP contribution < -0.4 is 4.74 Å². The van der Waals surface area contributed by atoms with Crippen molar-refractivity contribution in [1.29, 1.82) is 0 Å². The molecule has 0 N–H and O–H groups in total. The first-order valence-electron chi connectivity index (χ1n) is 9.23. The van der Waals surface area contributed by atoms with Crippen LogP contribution in [-0.2, 0) is 0 Å². The number of fused-ring (bicyclic) bond motifs is 3. The molecule has 0 saturated carbocycles. The Bertz CT molecular complexity index is 1080. The molecule has 2 heterocycles. The zero-order chi connectivity index (χ0) is 19.3. The summed E-state index contributed by atoms with van der Waals surface area (Å²) < 4.78 is 7.41. The van der Waals surface area contributed by atoms with E-state index in [1.54, 1.807) is 0 Å². The molecule has 0 bridgehead atoms. The molecule has 0 aliphatic carbocycles. The van der Waals surface area contributed by atoms with Crippen LogP contribution in [-0.4, -0.2) is 10.7 Å². The summed E-state index contributed by atoms with van der Waals surface area (Å²) >= 11 is 9.97. The number of hydrazone groups is 1. The van der Waals surface area contributed by atoms with Crippen LogP contribution in [0.5, 0.6) is 5.75 Å². The van der Waals surface area contributed by atoms with Crippen LogP contribution in [0.1, 0.15) is 40.9 Å². The van der Waals surface area contributed by atoms with E-state index in [1.807, 2.05) is 36.4 Å². The second-order valence-corrected chi connectivity index (χ2v) is 8.48. The molecule has 3 nitrogen and oxygen atoms in total. The number of nitrogens with zero attached hydrogens (tertiary/aromatic N) is 2. The Morgan fingerprint density at radius 3 is 2.61 bits per heavy atom. The molecule has 0 saturated heterocycles. The van der Waals surface area contributed by atoms with Crippen LogP contribution in [0.15, 0.2) is 76.3 Å². The third-order valence-corrected chi connectivity index (χ3v) is 6.27. The molecule has 2 atom stereocenters. The maximum atomic E-state index is 6.40. The summed E-state index contributed by atoms with van der Waals surface area (Å²) in [5, 5.41) is 7.79. The molecule has 0 fully saturated rings. The van der Waals surface area contributed by atoms with Crippen LogP contribution in [0.4, 0.5) is 0 Å². The Kier molecular flexibility index (Phi) is 4.41. The fourth-order valence-electron chi connectivity index (χ4n) is 3.86. The Morgan fingerprint density at radius 1 is 1.04 bits per heavy atom.